The minimum atomic E-state index is -0.813. The maximum Gasteiger partial charge on any atom is 0.322 e. The van der Waals surface area contributed by atoms with Crippen LogP contribution in [0.25, 0.3) is 0 Å². The fourth-order valence-electron chi connectivity index (χ4n) is 1.15. The molecule has 92 valence electrons. The number of nitrogens with zero attached hydrogens (tertiary/aromatic N) is 3. The highest BCUT2D eigenvalue weighted by molar-refractivity contribution is 5.28. The lowest BCUT2D eigenvalue weighted by Crippen LogP contribution is -1.95. The van der Waals surface area contributed by atoms with Crippen molar-refractivity contribution >= 4 is 5.69 Å². The Labute approximate surface area is 99.0 Å². The SMILES string of the molecule is O=[N+]([O-])c1cnc(Oc2cc(F)cc(F)c2)nc1. The molecule has 8 heteroatoms. The first-order valence-electron chi connectivity index (χ1n) is 4.65. The van der Waals surface area contributed by atoms with Gasteiger partial charge in [0.1, 0.15) is 29.8 Å². The quantitative estimate of drug-likeness (QED) is 0.620. The van der Waals surface area contributed by atoms with Crippen LogP contribution < -0.4 is 4.74 Å². The topological polar surface area (TPSA) is 78.2 Å². The summed E-state index contributed by atoms with van der Waals surface area (Å²) in [6.45, 7) is 0. The normalized spacial score (nSPS) is 10.1. The minimum absolute atomic E-state index is 0.138. The van der Waals surface area contributed by atoms with Crippen molar-refractivity contribution in [3.63, 3.8) is 0 Å². The zero-order chi connectivity index (χ0) is 13.1. The van der Waals surface area contributed by atoms with Gasteiger partial charge >= 0.3 is 11.7 Å². The van der Waals surface area contributed by atoms with Crippen molar-refractivity contribution in [3.8, 4) is 11.8 Å². The number of halogens is 2. The Morgan fingerprint density at radius 2 is 1.67 bits per heavy atom. The van der Waals surface area contributed by atoms with Crippen molar-refractivity contribution in [2.24, 2.45) is 0 Å². The molecule has 0 atom stereocenters. The van der Waals surface area contributed by atoms with E-state index in [1.54, 1.807) is 0 Å². The summed E-state index contributed by atoms with van der Waals surface area (Å²) in [7, 11) is 0. The molecule has 1 aromatic heterocycles. The molecular formula is C10H5F2N3O3. The fourth-order valence-corrected chi connectivity index (χ4v) is 1.15. The van der Waals surface area contributed by atoms with Gasteiger partial charge in [-0.1, -0.05) is 0 Å². The molecule has 0 saturated carbocycles. The van der Waals surface area contributed by atoms with Gasteiger partial charge in [0.05, 0.1) is 4.92 Å². The highest BCUT2D eigenvalue weighted by Crippen LogP contribution is 2.20. The predicted octanol–water partition coefficient (Wildman–Crippen LogP) is 2.46. The molecule has 2 aromatic rings. The molecular weight excluding hydrogens is 248 g/mol. The van der Waals surface area contributed by atoms with Gasteiger partial charge in [-0.2, -0.15) is 9.97 Å². The third kappa shape index (κ3) is 2.73. The van der Waals surface area contributed by atoms with Gasteiger partial charge in [0.15, 0.2) is 0 Å². The van der Waals surface area contributed by atoms with Gasteiger partial charge in [-0.3, -0.25) is 10.1 Å². The smallest absolute Gasteiger partial charge is 0.322 e. The summed E-state index contributed by atoms with van der Waals surface area (Å²) in [5.41, 5.74) is -0.312. The number of ether oxygens (including phenoxy) is 1. The molecule has 2 rings (SSSR count). The van der Waals surface area contributed by atoms with Crippen LogP contribution in [0.3, 0.4) is 0 Å². The molecule has 0 aliphatic carbocycles. The van der Waals surface area contributed by atoms with E-state index in [0.717, 1.165) is 24.5 Å². The van der Waals surface area contributed by atoms with E-state index in [0.29, 0.717) is 6.07 Å². The second-order valence-corrected chi connectivity index (χ2v) is 3.19. The summed E-state index contributed by atoms with van der Waals surface area (Å²) >= 11 is 0. The first-order chi connectivity index (χ1) is 8.54. The largest absolute Gasteiger partial charge is 0.424 e. The average molecular weight is 253 g/mol. The van der Waals surface area contributed by atoms with Crippen LogP contribution in [0.5, 0.6) is 11.8 Å². The fraction of sp³-hybridized carbons (Fsp3) is 0. The van der Waals surface area contributed by atoms with Crippen LogP contribution in [0, 0.1) is 21.7 Å². The Bertz CT molecular complexity index is 569. The number of benzene rings is 1. The first kappa shape index (κ1) is 11.8. The van der Waals surface area contributed by atoms with Crippen LogP contribution >= 0.6 is 0 Å². The van der Waals surface area contributed by atoms with E-state index in [9.17, 15) is 18.9 Å². The first-order valence-corrected chi connectivity index (χ1v) is 4.65. The molecule has 0 spiro atoms. The number of rotatable bonds is 3. The lowest BCUT2D eigenvalue weighted by atomic mass is 10.3. The van der Waals surface area contributed by atoms with Crippen LogP contribution in [0.4, 0.5) is 14.5 Å². The van der Waals surface area contributed by atoms with Crippen LogP contribution in [0.15, 0.2) is 30.6 Å². The Hall–Kier alpha value is -2.64. The lowest BCUT2D eigenvalue weighted by Gasteiger charge is -2.03. The van der Waals surface area contributed by atoms with Gasteiger partial charge in [0.25, 0.3) is 0 Å². The molecule has 1 heterocycles. The van der Waals surface area contributed by atoms with Crippen molar-refractivity contribution < 1.29 is 18.4 Å². The second kappa shape index (κ2) is 4.70. The molecule has 0 unspecified atom stereocenters. The molecule has 18 heavy (non-hydrogen) atoms. The van der Waals surface area contributed by atoms with Gasteiger partial charge in [0.2, 0.25) is 0 Å². The van der Waals surface area contributed by atoms with Gasteiger partial charge in [-0.25, -0.2) is 8.78 Å². The Morgan fingerprint density at radius 1 is 1.11 bits per heavy atom. The summed E-state index contributed by atoms with van der Waals surface area (Å²) < 4.78 is 30.7. The molecule has 0 aliphatic rings. The van der Waals surface area contributed by atoms with Crippen LogP contribution in [-0.2, 0) is 0 Å². The van der Waals surface area contributed by atoms with E-state index in [-0.39, 0.29) is 17.4 Å². The summed E-state index contributed by atoms with van der Waals surface area (Å²) in [6, 6.07) is 2.32. The van der Waals surface area contributed by atoms with E-state index >= 15 is 0 Å². The van der Waals surface area contributed by atoms with Crippen molar-refractivity contribution in [2.75, 3.05) is 0 Å². The maximum absolute atomic E-state index is 12.9. The van der Waals surface area contributed by atoms with Gasteiger partial charge in [-0.15, -0.1) is 0 Å². The molecule has 0 N–H and O–H groups in total. The zero-order valence-electron chi connectivity index (χ0n) is 8.71. The van der Waals surface area contributed by atoms with E-state index < -0.39 is 16.6 Å². The summed E-state index contributed by atoms with van der Waals surface area (Å²) in [4.78, 5) is 16.7. The lowest BCUT2D eigenvalue weighted by molar-refractivity contribution is -0.385. The average Bonchev–Trinajstić information content (AvgIpc) is 2.28. The molecule has 0 bridgehead atoms. The number of hydrogen-bond donors (Lipinski definition) is 0. The van der Waals surface area contributed by atoms with Crippen molar-refractivity contribution in [1.82, 2.24) is 9.97 Å². The standard InChI is InChI=1S/C10H5F2N3O3/c11-6-1-7(12)3-9(2-6)18-10-13-4-8(5-14-10)15(16)17/h1-5H. The summed E-state index contributed by atoms with van der Waals surface area (Å²) in [5.74, 6) is -1.76. The number of nitro groups is 1. The summed E-state index contributed by atoms with van der Waals surface area (Å²) in [5, 5.41) is 10.3. The van der Waals surface area contributed by atoms with E-state index in [1.165, 1.54) is 0 Å². The monoisotopic (exact) mass is 253 g/mol. The highest BCUT2D eigenvalue weighted by Gasteiger charge is 2.09. The van der Waals surface area contributed by atoms with Crippen LogP contribution in [-0.4, -0.2) is 14.9 Å². The van der Waals surface area contributed by atoms with Crippen LogP contribution in [0.1, 0.15) is 0 Å². The molecule has 6 nitrogen and oxygen atoms in total. The third-order valence-corrected chi connectivity index (χ3v) is 1.87. The molecule has 0 aliphatic heterocycles. The van der Waals surface area contributed by atoms with Gasteiger partial charge in [-0.05, 0) is 0 Å². The Morgan fingerprint density at radius 3 is 2.17 bits per heavy atom. The minimum Gasteiger partial charge on any atom is -0.424 e. The van der Waals surface area contributed by atoms with Gasteiger partial charge < -0.3 is 4.74 Å². The summed E-state index contributed by atoms with van der Waals surface area (Å²) in [6.07, 6.45) is 1.86. The molecule has 0 radical (unpaired) electrons. The van der Waals surface area contributed by atoms with Crippen molar-refractivity contribution in [2.45, 2.75) is 0 Å². The second-order valence-electron chi connectivity index (χ2n) is 3.19. The van der Waals surface area contributed by atoms with E-state index in [1.807, 2.05) is 0 Å². The molecule has 0 amide bonds. The highest BCUT2D eigenvalue weighted by atomic mass is 19.1. The Balaban J connectivity index is 2.20. The molecule has 1 aromatic carbocycles. The maximum atomic E-state index is 12.9. The number of hydrogen-bond acceptors (Lipinski definition) is 5. The molecule has 0 saturated heterocycles. The van der Waals surface area contributed by atoms with Gasteiger partial charge in [0, 0.05) is 18.2 Å². The van der Waals surface area contributed by atoms with E-state index in [2.05, 4.69) is 9.97 Å². The zero-order valence-corrected chi connectivity index (χ0v) is 8.71. The number of aromatic nitrogens is 2. The molecule has 0 fully saturated rings. The van der Waals surface area contributed by atoms with Crippen molar-refractivity contribution in [1.29, 1.82) is 0 Å². The predicted molar refractivity (Wildman–Crippen MR) is 55.1 cm³/mol. The third-order valence-electron chi connectivity index (χ3n) is 1.87. The Kier molecular flexibility index (Phi) is 3.09. The van der Waals surface area contributed by atoms with Crippen molar-refractivity contribution in [3.05, 3.63) is 52.3 Å². The van der Waals surface area contributed by atoms with E-state index in [4.69, 9.17) is 4.74 Å². The van der Waals surface area contributed by atoms with Crippen LogP contribution in [0.2, 0.25) is 0 Å².